The minimum Gasteiger partial charge on any atom is -0.492 e. The average Bonchev–Trinajstić information content (AvgIpc) is 2.27. The van der Waals surface area contributed by atoms with Crippen LogP contribution < -0.4 is 10.1 Å². The number of nitrogens with zero attached hydrogens (tertiary/aromatic N) is 1. The zero-order chi connectivity index (χ0) is 11.1. The first-order valence-electron chi connectivity index (χ1n) is 5.51. The van der Waals surface area contributed by atoms with E-state index in [1.54, 1.807) is 12.4 Å². The number of anilines is 1. The number of hydrogen-bond acceptors (Lipinski definition) is 3. The first-order chi connectivity index (χ1) is 7.26. The van der Waals surface area contributed by atoms with Crippen LogP contribution in [0.2, 0.25) is 0 Å². The third-order valence-corrected chi connectivity index (χ3v) is 2.32. The lowest BCUT2D eigenvalue weighted by molar-refractivity contribution is 0.251. The van der Waals surface area contributed by atoms with Crippen LogP contribution in [-0.4, -0.2) is 18.6 Å². The van der Waals surface area contributed by atoms with Crippen molar-refractivity contribution in [3.05, 3.63) is 18.5 Å². The van der Waals surface area contributed by atoms with E-state index in [0.29, 0.717) is 5.92 Å². The molecule has 0 radical (unpaired) electrons. The Kier molecular flexibility index (Phi) is 4.95. The van der Waals surface area contributed by atoms with Gasteiger partial charge in [0.05, 0.1) is 24.7 Å². The number of rotatable bonds is 6. The van der Waals surface area contributed by atoms with Gasteiger partial charge in [-0.2, -0.15) is 0 Å². The summed E-state index contributed by atoms with van der Waals surface area (Å²) in [5, 5.41) is 3.04. The Balaban J connectivity index is 2.43. The predicted octanol–water partition coefficient (Wildman–Crippen LogP) is 2.94. The normalized spacial score (nSPS) is 12.2. The molecule has 3 heteroatoms. The molecule has 1 unspecified atom stereocenters. The maximum Gasteiger partial charge on any atom is 0.139 e. The van der Waals surface area contributed by atoms with Crippen molar-refractivity contribution in [1.29, 1.82) is 0 Å². The molecular weight excluding hydrogens is 188 g/mol. The first kappa shape index (κ1) is 11.8. The van der Waals surface area contributed by atoms with Crippen LogP contribution in [0.25, 0.3) is 0 Å². The maximum atomic E-state index is 5.66. The molecule has 0 amide bonds. The molecule has 1 heterocycles. The van der Waals surface area contributed by atoms with Gasteiger partial charge < -0.3 is 10.1 Å². The third-order valence-electron chi connectivity index (χ3n) is 2.32. The Hall–Kier alpha value is -1.25. The van der Waals surface area contributed by atoms with E-state index in [0.717, 1.165) is 18.0 Å². The van der Waals surface area contributed by atoms with Crippen molar-refractivity contribution in [1.82, 2.24) is 4.98 Å². The molecule has 1 atom stereocenters. The van der Waals surface area contributed by atoms with Gasteiger partial charge in [-0.05, 0) is 12.3 Å². The molecule has 1 aromatic heterocycles. The van der Waals surface area contributed by atoms with E-state index in [1.165, 1.54) is 12.8 Å². The molecule has 0 spiro atoms. The summed E-state index contributed by atoms with van der Waals surface area (Å²) in [5.74, 6) is 1.44. The van der Waals surface area contributed by atoms with Crippen LogP contribution in [0.15, 0.2) is 18.5 Å². The van der Waals surface area contributed by atoms with E-state index in [-0.39, 0.29) is 0 Å². The Morgan fingerprint density at radius 1 is 1.47 bits per heavy atom. The molecule has 3 nitrogen and oxygen atoms in total. The van der Waals surface area contributed by atoms with Crippen LogP contribution in [0.4, 0.5) is 5.69 Å². The first-order valence-corrected chi connectivity index (χ1v) is 5.51. The highest BCUT2D eigenvalue weighted by molar-refractivity contribution is 5.44. The highest BCUT2D eigenvalue weighted by Gasteiger charge is 2.02. The second-order valence-electron chi connectivity index (χ2n) is 3.86. The summed E-state index contributed by atoms with van der Waals surface area (Å²) in [6, 6.07) is 1.96. The zero-order valence-corrected chi connectivity index (χ0v) is 9.79. The van der Waals surface area contributed by atoms with Gasteiger partial charge >= 0.3 is 0 Å². The fraction of sp³-hybridized carbons (Fsp3) is 0.583. The van der Waals surface area contributed by atoms with Gasteiger partial charge in [0.25, 0.3) is 0 Å². The summed E-state index contributed by atoms with van der Waals surface area (Å²) in [7, 11) is 1.88. The summed E-state index contributed by atoms with van der Waals surface area (Å²) in [6.07, 6.45) is 5.94. The van der Waals surface area contributed by atoms with E-state index in [4.69, 9.17) is 4.74 Å². The second-order valence-corrected chi connectivity index (χ2v) is 3.86. The molecule has 0 fully saturated rings. The number of aromatic nitrogens is 1. The molecule has 1 rings (SSSR count). The maximum absolute atomic E-state index is 5.66. The molecule has 1 aromatic rings. The molecule has 1 N–H and O–H groups in total. The van der Waals surface area contributed by atoms with Gasteiger partial charge in [-0.1, -0.05) is 20.3 Å². The van der Waals surface area contributed by atoms with Crippen LogP contribution in [0.5, 0.6) is 5.75 Å². The minimum absolute atomic E-state index is 0.605. The summed E-state index contributed by atoms with van der Waals surface area (Å²) in [6.45, 7) is 5.17. The van der Waals surface area contributed by atoms with Crippen molar-refractivity contribution in [2.24, 2.45) is 5.92 Å². The fourth-order valence-electron chi connectivity index (χ4n) is 1.45. The quantitative estimate of drug-likeness (QED) is 0.780. The highest BCUT2D eigenvalue weighted by Crippen LogP contribution is 2.16. The van der Waals surface area contributed by atoms with E-state index in [9.17, 15) is 0 Å². The lowest BCUT2D eigenvalue weighted by Gasteiger charge is -2.12. The van der Waals surface area contributed by atoms with Gasteiger partial charge in [0.15, 0.2) is 0 Å². The second kappa shape index (κ2) is 6.27. The van der Waals surface area contributed by atoms with E-state index >= 15 is 0 Å². The van der Waals surface area contributed by atoms with Gasteiger partial charge in [-0.25, -0.2) is 0 Å². The van der Waals surface area contributed by atoms with Gasteiger partial charge in [0.1, 0.15) is 5.75 Å². The van der Waals surface area contributed by atoms with Crippen LogP contribution >= 0.6 is 0 Å². The predicted molar refractivity (Wildman–Crippen MR) is 63.4 cm³/mol. The molecular formula is C12H20N2O. The number of nitrogens with one attached hydrogen (secondary N) is 1. The van der Waals surface area contributed by atoms with Gasteiger partial charge in [0, 0.05) is 13.1 Å². The fourth-order valence-corrected chi connectivity index (χ4v) is 1.45. The summed E-state index contributed by atoms with van der Waals surface area (Å²) in [4.78, 5) is 4.09. The molecule has 15 heavy (non-hydrogen) atoms. The molecule has 0 saturated heterocycles. The van der Waals surface area contributed by atoms with Gasteiger partial charge in [0.2, 0.25) is 0 Å². The number of pyridine rings is 1. The van der Waals surface area contributed by atoms with E-state index in [1.807, 2.05) is 13.1 Å². The lowest BCUT2D eigenvalue weighted by atomic mass is 10.1. The van der Waals surface area contributed by atoms with Gasteiger partial charge in [-0.15, -0.1) is 0 Å². The Bertz CT molecular complexity index is 289. The molecule has 0 aromatic carbocycles. The summed E-state index contributed by atoms with van der Waals surface area (Å²) < 4.78 is 5.66. The van der Waals surface area contributed by atoms with Crippen molar-refractivity contribution in [2.75, 3.05) is 19.0 Å². The third kappa shape index (κ3) is 4.19. The highest BCUT2D eigenvalue weighted by atomic mass is 16.5. The Morgan fingerprint density at radius 2 is 2.27 bits per heavy atom. The largest absolute Gasteiger partial charge is 0.492 e. The zero-order valence-electron chi connectivity index (χ0n) is 9.79. The van der Waals surface area contributed by atoms with Crippen molar-refractivity contribution in [2.45, 2.75) is 26.7 Å². The van der Waals surface area contributed by atoms with Gasteiger partial charge in [-0.3, -0.25) is 4.98 Å². The smallest absolute Gasteiger partial charge is 0.139 e. The van der Waals surface area contributed by atoms with E-state index < -0.39 is 0 Å². The van der Waals surface area contributed by atoms with Crippen LogP contribution in [0, 0.1) is 5.92 Å². The van der Waals surface area contributed by atoms with E-state index in [2.05, 4.69) is 24.1 Å². The molecule has 0 aliphatic rings. The molecule has 84 valence electrons. The lowest BCUT2D eigenvalue weighted by Crippen LogP contribution is -2.08. The topological polar surface area (TPSA) is 34.1 Å². The van der Waals surface area contributed by atoms with Crippen LogP contribution in [0.3, 0.4) is 0 Å². The Labute approximate surface area is 91.9 Å². The van der Waals surface area contributed by atoms with Crippen molar-refractivity contribution in [3.63, 3.8) is 0 Å². The van der Waals surface area contributed by atoms with Crippen LogP contribution in [-0.2, 0) is 0 Å². The van der Waals surface area contributed by atoms with Crippen molar-refractivity contribution >= 4 is 5.69 Å². The Morgan fingerprint density at radius 3 is 2.93 bits per heavy atom. The monoisotopic (exact) mass is 208 g/mol. The minimum atomic E-state index is 0.605. The number of hydrogen-bond donors (Lipinski definition) is 1. The van der Waals surface area contributed by atoms with Crippen molar-refractivity contribution < 1.29 is 4.74 Å². The summed E-state index contributed by atoms with van der Waals surface area (Å²) in [5.41, 5.74) is 0.982. The molecule has 0 saturated carbocycles. The molecule has 0 bridgehead atoms. The average molecular weight is 208 g/mol. The SMILES string of the molecule is CCCC(C)COc1cncc(NC)c1. The molecule has 0 aliphatic carbocycles. The number of ether oxygens (including phenoxy) is 1. The standard InChI is InChI=1S/C12H20N2O/c1-4-5-10(2)9-15-12-6-11(13-3)7-14-8-12/h6-8,10,13H,4-5,9H2,1-3H3. The molecule has 0 aliphatic heterocycles. The van der Waals surface area contributed by atoms with Crippen LogP contribution in [0.1, 0.15) is 26.7 Å². The summed E-state index contributed by atoms with van der Waals surface area (Å²) >= 11 is 0. The van der Waals surface area contributed by atoms with Crippen molar-refractivity contribution in [3.8, 4) is 5.75 Å².